The molecule has 0 radical (unpaired) electrons. The van der Waals surface area contributed by atoms with Crippen LogP contribution in [0.2, 0.25) is 0 Å². The quantitative estimate of drug-likeness (QED) is 0.157. The van der Waals surface area contributed by atoms with Gasteiger partial charge in [0, 0.05) is 38.8 Å². The van der Waals surface area contributed by atoms with Crippen LogP contribution in [0.15, 0.2) is 4.99 Å². The third kappa shape index (κ3) is 14.5. The summed E-state index contributed by atoms with van der Waals surface area (Å²) in [6.45, 7) is 16.2. The first-order valence-corrected chi connectivity index (χ1v) is 10.7. The van der Waals surface area contributed by atoms with E-state index in [0.717, 1.165) is 77.8 Å². The van der Waals surface area contributed by atoms with Gasteiger partial charge in [0.25, 0.3) is 0 Å². The van der Waals surface area contributed by atoms with Gasteiger partial charge in [0.1, 0.15) is 0 Å². The van der Waals surface area contributed by atoms with Crippen LogP contribution in [-0.2, 0) is 9.47 Å². The maximum atomic E-state index is 5.73. The lowest BCUT2D eigenvalue weighted by Gasteiger charge is -2.21. The minimum atomic E-state index is 0. The van der Waals surface area contributed by atoms with Crippen molar-refractivity contribution in [3.63, 3.8) is 0 Å². The van der Waals surface area contributed by atoms with Crippen molar-refractivity contribution in [2.75, 3.05) is 65.7 Å². The third-order valence-electron chi connectivity index (χ3n) is 4.46. The van der Waals surface area contributed by atoms with E-state index in [0.29, 0.717) is 5.92 Å². The molecule has 0 aromatic heterocycles. The number of ether oxygens (including phenoxy) is 2. The third-order valence-corrected chi connectivity index (χ3v) is 4.46. The number of rotatable bonds is 15. The minimum Gasteiger partial charge on any atom is -0.381 e. The van der Waals surface area contributed by atoms with Crippen LogP contribution >= 0.6 is 24.0 Å². The molecule has 2 N–H and O–H groups in total. The Balaban J connectivity index is 0.00000676. The summed E-state index contributed by atoms with van der Waals surface area (Å²) in [5.74, 6) is 1.52. The van der Waals surface area contributed by atoms with Gasteiger partial charge in [0.2, 0.25) is 0 Å². The van der Waals surface area contributed by atoms with Crippen LogP contribution in [0.4, 0.5) is 0 Å². The summed E-state index contributed by atoms with van der Waals surface area (Å²) >= 11 is 0. The predicted molar refractivity (Wildman–Crippen MR) is 125 cm³/mol. The Morgan fingerprint density at radius 2 is 1.89 bits per heavy atom. The second-order valence-electron chi connectivity index (χ2n) is 7.04. The average molecular weight is 498 g/mol. The second kappa shape index (κ2) is 19.2. The average Bonchev–Trinajstić information content (AvgIpc) is 3.15. The summed E-state index contributed by atoms with van der Waals surface area (Å²) in [5, 5.41) is 6.78. The molecule has 1 atom stereocenters. The van der Waals surface area contributed by atoms with Crippen molar-refractivity contribution in [2.24, 2.45) is 10.9 Å². The number of guanidine groups is 1. The molecule has 1 rings (SSSR count). The molecule has 0 spiro atoms. The van der Waals surface area contributed by atoms with Crippen LogP contribution in [0, 0.1) is 5.92 Å². The molecule has 1 aliphatic heterocycles. The van der Waals surface area contributed by atoms with Crippen LogP contribution in [0.25, 0.3) is 0 Å². The highest BCUT2D eigenvalue weighted by atomic mass is 127. The Bertz CT molecular complexity index is 347. The lowest BCUT2D eigenvalue weighted by Crippen LogP contribution is -2.39. The maximum Gasteiger partial charge on any atom is 0.191 e. The summed E-state index contributed by atoms with van der Waals surface area (Å²) in [4.78, 5) is 7.20. The molecule has 1 heterocycles. The molecular weight excluding hydrogens is 455 g/mol. The van der Waals surface area contributed by atoms with Crippen LogP contribution in [0.3, 0.4) is 0 Å². The fourth-order valence-electron chi connectivity index (χ4n) is 3.14. The molecule has 0 amide bonds. The zero-order valence-electron chi connectivity index (χ0n) is 17.8. The van der Waals surface area contributed by atoms with Gasteiger partial charge in [-0.25, -0.2) is 0 Å². The SMILES string of the molecule is CCCN(CCC)CCCNC(=NCCCOCC1CCOC1)NCC.I. The number of aliphatic imine (C=N–C) groups is 1. The van der Waals surface area contributed by atoms with Crippen LogP contribution < -0.4 is 10.6 Å². The van der Waals surface area contributed by atoms with Gasteiger partial charge < -0.3 is 25.0 Å². The summed E-state index contributed by atoms with van der Waals surface area (Å²) in [6, 6.07) is 0. The van der Waals surface area contributed by atoms with E-state index in [4.69, 9.17) is 9.47 Å². The molecule has 1 unspecified atom stereocenters. The normalized spacial score (nSPS) is 17.2. The first-order valence-electron chi connectivity index (χ1n) is 10.7. The summed E-state index contributed by atoms with van der Waals surface area (Å²) in [7, 11) is 0. The molecule has 1 fully saturated rings. The van der Waals surface area contributed by atoms with E-state index in [1.54, 1.807) is 0 Å². The van der Waals surface area contributed by atoms with E-state index >= 15 is 0 Å². The maximum absolute atomic E-state index is 5.73. The monoisotopic (exact) mass is 498 g/mol. The molecule has 0 saturated carbocycles. The first-order chi connectivity index (χ1) is 12.8. The highest BCUT2D eigenvalue weighted by molar-refractivity contribution is 14.0. The molecule has 6 nitrogen and oxygen atoms in total. The molecule has 0 aromatic carbocycles. The molecule has 1 saturated heterocycles. The van der Waals surface area contributed by atoms with Crippen molar-refractivity contribution in [3.8, 4) is 0 Å². The van der Waals surface area contributed by atoms with E-state index in [2.05, 4.69) is 41.3 Å². The number of hydrogen-bond acceptors (Lipinski definition) is 4. The molecule has 1 aliphatic rings. The Labute approximate surface area is 184 Å². The van der Waals surface area contributed by atoms with Gasteiger partial charge in [-0.2, -0.15) is 0 Å². The molecule has 27 heavy (non-hydrogen) atoms. The Morgan fingerprint density at radius 3 is 2.52 bits per heavy atom. The van der Waals surface area contributed by atoms with E-state index in [9.17, 15) is 0 Å². The summed E-state index contributed by atoms with van der Waals surface area (Å²) < 4.78 is 11.1. The molecule has 0 aliphatic carbocycles. The van der Waals surface area contributed by atoms with Gasteiger partial charge in [-0.3, -0.25) is 4.99 Å². The lowest BCUT2D eigenvalue weighted by atomic mass is 10.1. The Kier molecular flexibility index (Phi) is 19.1. The first kappa shape index (κ1) is 26.9. The molecule has 7 heteroatoms. The molecule has 0 aromatic rings. The molecular formula is C20H43IN4O2. The number of hydrogen-bond donors (Lipinski definition) is 2. The van der Waals surface area contributed by atoms with E-state index in [-0.39, 0.29) is 24.0 Å². The highest BCUT2D eigenvalue weighted by Crippen LogP contribution is 2.12. The standard InChI is InChI=1S/C20H42N4O2.HI/c1-4-12-24(13-5-2)14-7-10-22-20(21-6-3)23-11-8-15-25-17-19-9-16-26-18-19;/h19H,4-18H2,1-3H3,(H2,21,22,23);1H. The van der Waals surface area contributed by atoms with Crippen molar-refractivity contribution in [1.29, 1.82) is 0 Å². The van der Waals surface area contributed by atoms with Crippen molar-refractivity contribution >= 4 is 29.9 Å². The predicted octanol–water partition coefficient (Wildman–Crippen LogP) is 3.11. The van der Waals surface area contributed by atoms with Crippen molar-refractivity contribution in [3.05, 3.63) is 0 Å². The van der Waals surface area contributed by atoms with E-state index in [1.807, 2.05) is 0 Å². The highest BCUT2D eigenvalue weighted by Gasteiger charge is 2.15. The van der Waals surface area contributed by atoms with Gasteiger partial charge in [0.15, 0.2) is 5.96 Å². The Morgan fingerprint density at radius 1 is 1.11 bits per heavy atom. The zero-order chi connectivity index (χ0) is 18.9. The summed E-state index contributed by atoms with van der Waals surface area (Å²) in [6.07, 6.45) is 5.71. The Hall–Kier alpha value is -0.120. The number of halogens is 1. The molecule has 0 bridgehead atoms. The smallest absolute Gasteiger partial charge is 0.191 e. The van der Waals surface area contributed by atoms with Crippen molar-refractivity contribution in [1.82, 2.24) is 15.5 Å². The van der Waals surface area contributed by atoms with Crippen molar-refractivity contribution in [2.45, 2.75) is 52.9 Å². The lowest BCUT2D eigenvalue weighted by molar-refractivity contribution is 0.0893. The van der Waals surface area contributed by atoms with Gasteiger partial charge in [-0.05, 0) is 58.7 Å². The van der Waals surface area contributed by atoms with Gasteiger partial charge in [-0.15, -0.1) is 24.0 Å². The van der Waals surface area contributed by atoms with Crippen molar-refractivity contribution < 1.29 is 9.47 Å². The van der Waals surface area contributed by atoms with Gasteiger partial charge >= 0.3 is 0 Å². The summed E-state index contributed by atoms with van der Waals surface area (Å²) in [5.41, 5.74) is 0. The number of nitrogens with zero attached hydrogens (tertiary/aromatic N) is 2. The number of nitrogens with one attached hydrogen (secondary N) is 2. The van der Waals surface area contributed by atoms with Gasteiger partial charge in [0.05, 0.1) is 13.2 Å². The fourth-order valence-corrected chi connectivity index (χ4v) is 3.14. The largest absolute Gasteiger partial charge is 0.381 e. The molecule has 162 valence electrons. The van der Waals surface area contributed by atoms with E-state index in [1.165, 1.54) is 25.9 Å². The van der Waals surface area contributed by atoms with Crippen LogP contribution in [-0.4, -0.2) is 76.6 Å². The fraction of sp³-hybridized carbons (Fsp3) is 0.950. The van der Waals surface area contributed by atoms with Gasteiger partial charge in [-0.1, -0.05) is 13.8 Å². The minimum absolute atomic E-state index is 0. The zero-order valence-corrected chi connectivity index (χ0v) is 20.1. The van der Waals surface area contributed by atoms with Crippen LogP contribution in [0.1, 0.15) is 52.9 Å². The second-order valence-corrected chi connectivity index (χ2v) is 7.04. The topological polar surface area (TPSA) is 58.1 Å². The van der Waals surface area contributed by atoms with Crippen LogP contribution in [0.5, 0.6) is 0 Å². The van der Waals surface area contributed by atoms with E-state index < -0.39 is 0 Å².